The molecule has 0 radical (unpaired) electrons. The molecule has 0 fully saturated rings. The second kappa shape index (κ2) is 4.02. The fourth-order valence-electron chi connectivity index (χ4n) is 1.17. The first-order valence-electron chi connectivity index (χ1n) is 4.15. The van der Waals surface area contributed by atoms with Crippen molar-refractivity contribution >= 4 is 16.3 Å². The Balaban J connectivity index is 1.95. The lowest BCUT2D eigenvalue weighted by Crippen LogP contribution is -2.20. The number of hydrogen-bond acceptors (Lipinski definition) is 3. The van der Waals surface area contributed by atoms with Crippen LogP contribution in [0.5, 0.6) is 0 Å². The Hall–Kier alpha value is -1.01. The maximum absolute atomic E-state index is 11.8. The van der Waals surface area contributed by atoms with Crippen molar-refractivity contribution in [2.75, 3.05) is 6.54 Å². The molecule has 3 nitrogen and oxygen atoms in total. The normalized spacial score (nSPS) is 11.6. The minimum atomic E-state index is -2.31. The van der Waals surface area contributed by atoms with Crippen molar-refractivity contribution in [2.45, 2.75) is 13.0 Å². The van der Waals surface area contributed by atoms with Gasteiger partial charge in [-0.3, -0.25) is 4.40 Å². The second-order valence-electron chi connectivity index (χ2n) is 2.85. The van der Waals surface area contributed by atoms with Gasteiger partial charge in [0.1, 0.15) is 0 Å². The molecule has 2 heterocycles. The third-order valence-electron chi connectivity index (χ3n) is 1.75. The van der Waals surface area contributed by atoms with Gasteiger partial charge in [-0.25, -0.2) is 13.8 Å². The lowest BCUT2D eigenvalue weighted by molar-refractivity contribution is 0.145. The summed E-state index contributed by atoms with van der Waals surface area (Å²) in [4.78, 5) is 5.13. The third-order valence-corrected chi connectivity index (χ3v) is 2.52. The van der Waals surface area contributed by atoms with Crippen molar-refractivity contribution < 1.29 is 8.78 Å². The van der Waals surface area contributed by atoms with Crippen LogP contribution in [0.2, 0.25) is 0 Å². The van der Waals surface area contributed by atoms with Gasteiger partial charge in [-0.2, -0.15) is 0 Å². The second-order valence-corrected chi connectivity index (χ2v) is 3.72. The number of alkyl halides is 2. The largest absolute Gasteiger partial charge is 0.306 e. The van der Waals surface area contributed by atoms with E-state index < -0.39 is 6.43 Å². The zero-order valence-electron chi connectivity index (χ0n) is 7.28. The molecule has 0 bridgehead atoms. The van der Waals surface area contributed by atoms with Gasteiger partial charge in [0.25, 0.3) is 6.43 Å². The summed E-state index contributed by atoms with van der Waals surface area (Å²) in [6, 6.07) is 0. The number of nitrogens with zero attached hydrogens (tertiary/aromatic N) is 2. The van der Waals surface area contributed by atoms with Crippen molar-refractivity contribution in [3.05, 3.63) is 23.5 Å². The highest BCUT2D eigenvalue weighted by Gasteiger charge is 2.04. The van der Waals surface area contributed by atoms with Crippen molar-refractivity contribution in [2.24, 2.45) is 0 Å². The number of hydrogen-bond donors (Lipinski definition) is 1. The van der Waals surface area contributed by atoms with E-state index >= 15 is 0 Å². The lowest BCUT2D eigenvalue weighted by atomic mass is 10.4. The van der Waals surface area contributed by atoms with Gasteiger partial charge in [-0.1, -0.05) is 0 Å². The van der Waals surface area contributed by atoms with Gasteiger partial charge >= 0.3 is 0 Å². The lowest BCUT2D eigenvalue weighted by Gasteiger charge is -1.99. The first-order valence-corrected chi connectivity index (χ1v) is 5.03. The van der Waals surface area contributed by atoms with Crippen LogP contribution in [-0.4, -0.2) is 22.4 Å². The number of rotatable bonds is 4. The Morgan fingerprint density at radius 3 is 3.14 bits per heavy atom. The summed E-state index contributed by atoms with van der Waals surface area (Å²) in [6.07, 6.45) is 1.42. The quantitative estimate of drug-likeness (QED) is 0.845. The Bertz CT molecular complexity index is 381. The van der Waals surface area contributed by atoms with Gasteiger partial charge in [0, 0.05) is 24.3 Å². The van der Waals surface area contributed by atoms with Gasteiger partial charge in [0.15, 0.2) is 4.96 Å². The Kier molecular flexibility index (Phi) is 2.74. The molecule has 0 unspecified atom stereocenters. The highest BCUT2D eigenvalue weighted by molar-refractivity contribution is 7.15. The zero-order chi connectivity index (χ0) is 9.97. The molecule has 76 valence electrons. The van der Waals surface area contributed by atoms with Crippen molar-refractivity contribution in [3.8, 4) is 0 Å². The van der Waals surface area contributed by atoms with E-state index in [1.165, 1.54) is 11.3 Å². The van der Waals surface area contributed by atoms with Crippen LogP contribution in [0.15, 0.2) is 17.8 Å². The molecule has 0 aliphatic heterocycles. The molecular formula is C8H9F2N3S. The topological polar surface area (TPSA) is 29.3 Å². The summed E-state index contributed by atoms with van der Waals surface area (Å²) in [6.45, 7) is 0.101. The Morgan fingerprint density at radius 2 is 2.43 bits per heavy atom. The van der Waals surface area contributed by atoms with Gasteiger partial charge in [-0.15, -0.1) is 11.3 Å². The van der Waals surface area contributed by atoms with E-state index in [0.29, 0.717) is 6.54 Å². The molecule has 6 heteroatoms. The van der Waals surface area contributed by atoms with Crippen LogP contribution in [0.25, 0.3) is 4.96 Å². The smallest absolute Gasteiger partial charge is 0.250 e. The van der Waals surface area contributed by atoms with E-state index in [2.05, 4.69) is 10.3 Å². The van der Waals surface area contributed by atoms with Gasteiger partial charge in [0.05, 0.1) is 12.2 Å². The number of thiazole rings is 1. The number of imidazole rings is 1. The maximum Gasteiger partial charge on any atom is 0.250 e. The molecular weight excluding hydrogens is 208 g/mol. The van der Waals surface area contributed by atoms with Crippen LogP contribution in [0.4, 0.5) is 8.78 Å². The fraction of sp³-hybridized carbons (Fsp3) is 0.375. The summed E-state index contributed by atoms with van der Waals surface area (Å²) in [5.41, 5.74) is 0.789. The number of fused-ring (bicyclic) bond motifs is 1. The molecule has 2 rings (SSSR count). The molecule has 0 saturated carbocycles. The highest BCUT2D eigenvalue weighted by atomic mass is 32.1. The van der Waals surface area contributed by atoms with E-state index in [9.17, 15) is 8.78 Å². The average Bonchev–Trinajstić information content (AvgIpc) is 2.62. The number of nitrogens with one attached hydrogen (secondary N) is 1. The molecule has 0 aliphatic rings. The number of aromatic nitrogens is 2. The Labute approximate surface area is 83.4 Å². The molecule has 14 heavy (non-hydrogen) atoms. The summed E-state index contributed by atoms with van der Waals surface area (Å²) in [5.74, 6) is 0. The maximum atomic E-state index is 11.8. The van der Waals surface area contributed by atoms with Crippen LogP contribution in [0.1, 0.15) is 5.69 Å². The standard InChI is InChI=1S/C8H9F2N3S/c9-7(10)4-11-3-6-5-13-1-2-14-8(13)12-6/h1-2,5,7,11H,3-4H2. The van der Waals surface area contributed by atoms with E-state index in [1.807, 2.05) is 22.2 Å². The highest BCUT2D eigenvalue weighted by Crippen LogP contribution is 2.10. The van der Waals surface area contributed by atoms with Gasteiger partial charge in [0.2, 0.25) is 0 Å². The molecule has 0 amide bonds. The molecule has 1 N–H and O–H groups in total. The summed E-state index contributed by atoms with van der Waals surface area (Å²) >= 11 is 1.52. The van der Waals surface area contributed by atoms with Crippen LogP contribution in [0.3, 0.4) is 0 Å². The van der Waals surface area contributed by atoms with Crippen molar-refractivity contribution in [3.63, 3.8) is 0 Å². The van der Waals surface area contributed by atoms with Gasteiger partial charge < -0.3 is 5.32 Å². The minimum Gasteiger partial charge on any atom is -0.306 e. The van der Waals surface area contributed by atoms with Crippen molar-refractivity contribution in [1.82, 2.24) is 14.7 Å². The fourth-order valence-corrected chi connectivity index (χ4v) is 1.89. The molecule has 0 aliphatic carbocycles. The zero-order valence-corrected chi connectivity index (χ0v) is 8.10. The first-order chi connectivity index (χ1) is 6.75. The summed E-state index contributed by atoms with van der Waals surface area (Å²) in [5, 5.41) is 4.56. The summed E-state index contributed by atoms with van der Waals surface area (Å²) < 4.78 is 25.5. The predicted molar refractivity (Wildman–Crippen MR) is 50.8 cm³/mol. The Morgan fingerprint density at radius 1 is 1.57 bits per heavy atom. The predicted octanol–water partition coefficient (Wildman–Crippen LogP) is 1.75. The van der Waals surface area contributed by atoms with E-state index in [1.54, 1.807) is 0 Å². The SMILES string of the molecule is FC(F)CNCc1cn2ccsc2n1. The van der Waals surface area contributed by atoms with Crippen LogP contribution in [0, 0.1) is 0 Å². The van der Waals surface area contributed by atoms with E-state index in [4.69, 9.17) is 0 Å². The van der Waals surface area contributed by atoms with Crippen molar-refractivity contribution in [1.29, 1.82) is 0 Å². The first kappa shape index (κ1) is 9.54. The van der Waals surface area contributed by atoms with E-state index in [-0.39, 0.29) is 6.54 Å². The molecule has 2 aromatic rings. The van der Waals surface area contributed by atoms with Crippen LogP contribution in [-0.2, 0) is 6.54 Å². The molecule has 0 aromatic carbocycles. The monoisotopic (exact) mass is 217 g/mol. The molecule has 2 aromatic heterocycles. The van der Waals surface area contributed by atoms with Crippen LogP contribution < -0.4 is 5.32 Å². The molecule has 0 spiro atoms. The molecule has 0 atom stereocenters. The molecule has 0 saturated heterocycles. The van der Waals surface area contributed by atoms with Crippen LogP contribution >= 0.6 is 11.3 Å². The minimum absolute atomic E-state index is 0.287. The van der Waals surface area contributed by atoms with Gasteiger partial charge in [-0.05, 0) is 0 Å². The number of halogens is 2. The average molecular weight is 217 g/mol. The third kappa shape index (κ3) is 2.08. The summed E-state index contributed by atoms with van der Waals surface area (Å²) in [7, 11) is 0. The van der Waals surface area contributed by atoms with E-state index in [0.717, 1.165) is 10.7 Å².